The van der Waals surface area contributed by atoms with E-state index in [1.165, 1.54) is 19.2 Å². The summed E-state index contributed by atoms with van der Waals surface area (Å²) >= 11 is 0. The molecule has 16 heavy (non-hydrogen) atoms. The molecule has 1 aromatic rings. The zero-order valence-corrected chi connectivity index (χ0v) is 9.05. The van der Waals surface area contributed by atoms with Crippen molar-refractivity contribution in [3.05, 3.63) is 40.0 Å². The minimum absolute atomic E-state index is 0.0211. The van der Waals surface area contributed by atoms with Crippen LogP contribution < -0.4 is 10.5 Å². The Morgan fingerprint density at radius 3 is 2.88 bits per heavy atom. The molecule has 0 aliphatic heterocycles. The number of benzene rings is 1. The molecular formula is C11H14N2O3. The molecule has 0 aliphatic rings. The molecule has 86 valence electrons. The molecule has 1 rings (SSSR count). The van der Waals surface area contributed by atoms with E-state index in [4.69, 9.17) is 10.5 Å². The van der Waals surface area contributed by atoms with Crippen molar-refractivity contribution in [1.82, 2.24) is 0 Å². The number of nitrogens with two attached hydrogens (primary N) is 1. The molecule has 0 amide bonds. The zero-order chi connectivity index (χ0) is 12.0. The van der Waals surface area contributed by atoms with Crippen molar-refractivity contribution in [2.75, 3.05) is 13.7 Å². The average Bonchev–Trinajstić information content (AvgIpc) is 2.29. The van der Waals surface area contributed by atoms with Gasteiger partial charge >= 0.3 is 0 Å². The molecular weight excluding hydrogens is 208 g/mol. The molecule has 5 heteroatoms. The molecule has 0 radical (unpaired) electrons. The second-order valence-corrected chi connectivity index (χ2v) is 3.16. The van der Waals surface area contributed by atoms with Gasteiger partial charge in [-0.15, -0.1) is 0 Å². The van der Waals surface area contributed by atoms with Gasteiger partial charge in [-0.2, -0.15) is 0 Å². The second kappa shape index (κ2) is 5.87. The smallest absolute Gasteiger partial charge is 0.273 e. The molecule has 0 spiro atoms. The van der Waals surface area contributed by atoms with Crippen molar-refractivity contribution in [2.45, 2.75) is 6.42 Å². The average molecular weight is 222 g/mol. The van der Waals surface area contributed by atoms with Gasteiger partial charge in [0.25, 0.3) is 5.69 Å². The minimum Gasteiger partial charge on any atom is -0.496 e. The summed E-state index contributed by atoms with van der Waals surface area (Å²) in [4.78, 5) is 10.1. The van der Waals surface area contributed by atoms with Crippen molar-refractivity contribution in [3.63, 3.8) is 0 Å². The van der Waals surface area contributed by atoms with Gasteiger partial charge in [0, 0.05) is 11.6 Å². The summed E-state index contributed by atoms with van der Waals surface area (Å²) in [7, 11) is 1.49. The first-order valence-corrected chi connectivity index (χ1v) is 4.88. The maximum atomic E-state index is 10.6. The highest BCUT2D eigenvalue weighted by Crippen LogP contribution is 2.25. The van der Waals surface area contributed by atoms with Crippen molar-refractivity contribution in [3.8, 4) is 5.75 Å². The van der Waals surface area contributed by atoms with E-state index in [1.54, 1.807) is 6.07 Å². The standard InChI is InChI=1S/C11H14N2O3/c1-16-11-8-10(13(14)15)6-5-9(11)4-2-3-7-12/h2,4-6,8H,3,7,12H2,1H3. The van der Waals surface area contributed by atoms with Crippen LogP contribution in [0.2, 0.25) is 0 Å². The van der Waals surface area contributed by atoms with E-state index < -0.39 is 4.92 Å². The number of ether oxygens (including phenoxy) is 1. The fourth-order valence-electron chi connectivity index (χ4n) is 1.26. The number of nitro groups is 1. The van der Waals surface area contributed by atoms with Gasteiger partial charge < -0.3 is 10.5 Å². The monoisotopic (exact) mass is 222 g/mol. The lowest BCUT2D eigenvalue weighted by atomic mass is 10.1. The molecule has 0 aromatic heterocycles. The van der Waals surface area contributed by atoms with Crippen molar-refractivity contribution >= 4 is 11.8 Å². The Kier molecular flexibility index (Phi) is 4.47. The van der Waals surface area contributed by atoms with E-state index in [-0.39, 0.29) is 5.69 Å². The Hall–Kier alpha value is -1.88. The fourth-order valence-corrected chi connectivity index (χ4v) is 1.26. The Bertz CT molecular complexity index is 402. The molecule has 0 aliphatic carbocycles. The number of methoxy groups -OCH3 is 1. The van der Waals surface area contributed by atoms with Gasteiger partial charge in [0.1, 0.15) is 5.75 Å². The van der Waals surface area contributed by atoms with Crippen LogP contribution in [-0.2, 0) is 0 Å². The van der Waals surface area contributed by atoms with Crippen LogP contribution in [-0.4, -0.2) is 18.6 Å². The van der Waals surface area contributed by atoms with Crippen LogP contribution in [0.4, 0.5) is 5.69 Å². The number of nitro benzene ring substituents is 1. The van der Waals surface area contributed by atoms with Gasteiger partial charge in [-0.25, -0.2) is 0 Å². The highest BCUT2D eigenvalue weighted by Gasteiger charge is 2.09. The third kappa shape index (κ3) is 3.06. The summed E-state index contributed by atoms with van der Waals surface area (Å²) in [5.74, 6) is 0.488. The van der Waals surface area contributed by atoms with Crippen LogP contribution in [0.25, 0.3) is 6.08 Å². The van der Waals surface area contributed by atoms with Crippen LogP contribution in [0.15, 0.2) is 24.3 Å². The zero-order valence-electron chi connectivity index (χ0n) is 9.05. The lowest BCUT2D eigenvalue weighted by Crippen LogP contribution is -1.95. The fraction of sp³-hybridized carbons (Fsp3) is 0.273. The van der Waals surface area contributed by atoms with Crippen LogP contribution >= 0.6 is 0 Å². The lowest BCUT2D eigenvalue weighted by Gasteiger charge is -2.03. The number of nitrogens with zero attached hydrogens (tertiary/aromatic N) is 1. The van der Waals surface area contributed by atoms with Gasteiger partial charge in [-0.05, 0) is 19.0 Å². The third-order valence-corrected chi connectivity index (χ3v) is 2.06. The van der Waals surface area contributed by atoms with Crippen molar-refractivity contribution in [2.24, 2.45) is 5.73 Å². The van der Waals surface area contributed by atoms with E-state index in [0.717, 1.165) is 12.0 Å². The Balaban J connectivity index is 2.97. The maximum Gasteiger partial charge on any atom is 0.273 e. The van der Waals surface area contributed by atoms with Crippen LogP contribution in [0.5, 0.6) is 5.75 Å². The lowest BCUT2D eigenvalue weighted by molar-refractivity contribution is -0.384. The molecule has 0 saturated heterocycles. The van der Waals surface area contributed by atoms with Crippen molar-refractivity contribution < 1.29 is 9.66 Å². The maximum absolute atomic E-state index is 10.6. The van der Waals surface area contributed by atoms with E-state index in [0.29, 0.717) is 12.3 Å². The van der Waals surface area contributed by atoms with Crippen molar-refractivity contribution in [1.29, 1.82) is 0 Å². The van der Waals surface area contributed by atoms with Crippen LogP contribution in [0.1, 0.15) is 12.0 Å². The molecule has 0 fully saturated rings. The first-order valence-electron chi connectivity index (χ1n) is 4.88. The third-order valence-electron chi connectivity index (χ3n) is 2.06. The summed E-state index contributed by atoms with van der Waals surface area (Å²) in [5, 5.41) is 10.6. The molecule has 0 saturated carbocycles. The first kappa shape index (κ1) is 12.2. The summed E-state index contributed by atoms with van der Waals surface area (Å²) in [6.45, 7) is 0.575. The summed E-state index contributed by atoms with van der Waals surface area (Å²) in [6.07, 6.45) is 4.51. The number of hydrogen-bond donors (Lipinski definition) is 1. The predicted molar refractivity (Wildman–Crippen MR) is 62.4 cm³/mol. The van der Waals surface area contributed by atoms with Crippen LogP contribution in [0.3, 0.4) is 0 Å². The quantitative estimate of drug-likeness (QED) is 0.610. The molecule has 5 nitrogen and oxygen atoms in total. The highest BCUT2D eigenvalue weighted by atomic mass is 16.6. The van der Waals surface area contributed by atoms with Gasteiger partial charge in [-0.3, -0.25) is 10.1 Å². The Labute approximate surface area is 93.7 Å². The summed E-state index contributed by atoms with van der Waals surface area (Å²) in [5.41, 5.74) is 6.18. The van der Waals surface area contributed by atoms with E-state index in [1.807, 2.05) is 12.2 Å². The van der Waals surface area contributed by atoms with E-state index >= 15 is 0 Å². The first-order chi connectivity index (χ1) is 7.69. The van der Waals surface area contributed by atoms with E-state index in [9.17, 15) is 10.1 Å². The molecule has 0 bridgehead atoms. The van der Waals surface area contributed by atoms with Gasteiger partial charge in [0.05, 0.1) is 18.1 Å². The molecule has 0 atom stereocenters. The Morgan fingerprint density at radius 2 is 2.31 bits per heavy atom. The molecule has 0 unspecified atom stereocenters. The number of non-ortho nitro benzene ring substituents is 1. The Morgan fingerprint density at radius 1 is 1.56 bits per heavy atom. The summed E-state index contributed by atoms with van der Waals surface area (Å²) < 4.78 is 5.08. The van der Waals surface area contributed by atoms with Gasteiger partial charge in [0.15, 0.2) is 0 Å². The predicted octanol–water partition coefficient (Wildman–Crippen LogP) is 1.97. The van der Waals surface area contributed by atoms with Gasteiger partial charge in [-0.1, -0.05) is 12.2 Å². The van der Waals surface area contributed by atoms with E-state index in [2.05, 4.69) is 0 Å². The normalized spacial score (nSPS) is 10.6. The largest absolute Gasteiger partial charge is 0.496 e. The molecule has 2 N–H and O–H groups in total. The minimum atomic E-state index is -0.449. The number of rotatable bonds is 5. The summed E-state index contributed by atoms with van der Waals surface area (Å²) in [6, 6.07) is 4.51. The van der Waals surface area contributed by atoms with Crippen LogP contribution in [0, 0.1) is 10.1 Å². The van der Waals surface area contributed by atoms with Gasteiger partial charge in [0.2, 0.25) is 0 Å². The topological polar surface area (TPSA) is 78.4 Å². The SMILES string of the molecule is COc1cc([N+](=O)[O-])ccc1C=CCCN. The second-order valence-electron chi connectivity index (χ2n) is 3.16. The molecule has 0 heterocycles. The number of hydrogen-bond acceptors (Lipinski definition) is 4. The highest BCUT2D eigenvalue weighted by molar-refractivity contribution is 5.60. The molecule has 1 aromatic carbocycles.